The van der Waals surface area contributed by atoms with Crippen LogP contribution in [-0.4, -0.2) is 47.8 Å². The van der Waals surface area contributed by atoms with Crippen LogP contribution in [0, 0.1) is 5.82 Å². The monoisotopic (exact) mass is 547 g/mol. The second kappa shape index (κ2) is 11.4. The maximum Gasteiger partial charge on any atom is 0.271 e. The molecular formula is C26H30Cl2FN6O2+. The maximum atomic E-state index is 14.2. The number of allylic oxidation sites excluding steroid dienone is 1. The van der Waals surface area contributed by atoms with Crippen molar-refractivity contribution in [2.24, 2.45) is 5.73 Å². The highest BCUT2D eigenvalue weighted by molar-refractivity contribution is 6.36. The van der Waals surface area contributed by atoms with E-state index in [0.29, 0.717) is 46.4 Å². The molecule has 0 radical (unpaired) electrons. The number of carbonyl (C=O) groups is 2. The summed E-state index contributed by atoms with van der Waals surface area (Å²) in [6.07, 6.45) is 3.56. The van der Waals surface area contributed by atoms with Crippen LogP contribution in [0.15, 0.2) is 59.7 Å². The Labute approximate surface area is 225 Å². The van der Waals surface area contributed by atoms with E-state index in [-0.39, 0.29) is 16.6 Å². The number of nitrogens with one attached hydrogen (secondary N) is 2. The summed E-state index contributed by atoms with van der Waals surface area (Å²) in [5, 5.41) is 6.20. The van der Waals surface area contributed by atoms with E-state index in [9.17, 15) is 14.0 Å². The van der Waals surface area contributed by atoms with Gasteiger partial charge >= 0.3 is 0 Å². The Bertz CT molecular complexity index is 1260. The summed E-state index contributed by atoms with van der Waals surface area (Å²) in [5.41, 5.74) is 12.2. The van der Waals surface area contributed by atoms with Crippen molar-refractivity contribution in [3.8, 4) is 0 Å². The number of amides is 2. The van der Waals surface area contributed by atoms with E-state index in [1.54, 1.807) is 24.3 Å². The molecular weight excluding hydrogens is 518 g/mol. The molecule has 196 valence electrons. The Balaban J connectivity index is 1.51. The molecule has 1 fully saturated rings. The van der Waals surface area contributed by atoms with Gasteiger partial charge in [0.05, 0.1) is 11.1 Å². The summed E-state index contributed by atoms with van der Waals surface area (Å²) in [4.78, 5) is 29.2. The summed E-state index contributed by atoms with van der Waals surface area (Å²) in [5.74, 6) is -0.533. The molecule has 0 bridgehead atoms. The van der Waals surface area contributed by atoms with Crippen LogP contribution in [0.5, 0.6) is 0 Å². The molecule has 11 heteroatoms. The predicted molar refractivity (Wildman–Crippen MR) is 142 cm³/mol. The van der Waals surface area contributed by atoms with Gasteiger partial charge in [-0.1, -0.05) is 23.2 Å². The molecule has 2 amide bonds. The van der Waals surface area contributed by atoms with E-state index >= 15 is 0 Å². The molecule has 0 saturated carbocycles. The molecule has 37 heavy (non-hydrogen) atoms. The zero-order chi connectivity index (χ0) is 26.7. The summed E-state index contributed by atoms with van der Waals surface area (Å²) >= 11 is 12.6. The number of hydrogen-bond donors (Lipinski definition) is 4. The van der Waals surface area contributed by atoms with Gasteiger partial charge in [0.1, 0.15) is 17.2 Å². The lowest BCUT2D eigenvalue weighted by Crippen LogP contribution is -2.60. The van der Waals surface area contributed by atoms with E-state index in [1.807, 2.05) is 16.7 Å². The van der Waals surface area contributed by atoms with Crippen molar-refractivity contribution in [3.63, 3.8) is 0 Å². The molecule has 1 unspecified atom stereocenters. The number of likely N-dealkylation sites (tertiary alicyclic amines) is 1. The van der Waals surface area contributed by atoms with Crippen molar-refractivity contribution in [1.82, 2.24) is 15.1 Å². The lowest BCUT2D eigenvalue weighted by molar-refractivity contribution is -0.316. The third kappa shape index (κ3) is 5.84. The van der Waals surface area contributed by atoms with Gasteiger partial charge in [0.2, 0.25) is 5.82 Å². The quantitative estimate of drug-likeness (QED) is 0.327. The van der Waals surface area contributed by atoms with Crippen molar-refractivity contribution >= 4 is 40.7 Å². The van der Waals surface area contributed by atoms with Crippen molar-refractivity contribution in [2.75, 3.05) is 31.5 Å². The molecule has 8 nitrogen and oxygen atoms in total. The van der Waals surface area contributed by atoms with Crippen LogP contribution in [0.25, 0.3) is 0 Å². The summed E-state index contributed by atoms with van der Waals surface area (Å²) in [6, 6.07) is 8.99. The first kappa shape index (κ1) is 26.8. The van der Waals surface area contributed by atoms with Gasteiger partial charge in [-0.2, -0.15) is 0 Å². The molecule has 1 atom stereocenters. The first-order valence-electron chi connectivity index (χ1n) is 12.1. The fourth-order valence-corrected chi connectivity index (χ4v) is 5.27. The highest BCUT2D eigenvalue weighted by Crippen LogP contribution is 2.37. The van der Waals surface area contributed by atoms with Crippen molar-refractivity contribution < 1.29 is 19.7 Å². The molecule has 2 aliphatic rings. The Morgan fingerprint density at radius 2 is 1.81 bits per heavy atom. The third-order valence-corrected chi connectivity index (χ3v) is 7.33. The van der Waals surface area contributed by atoms with E-state index in [2.05, 4.69) is 16.4 Å². The smallest absolute Gasteiger partial charge is 0.271 e. The fraction of sp³-hybridized carbons (Fsp3) is 0.308. The van der Waals surface area contributed by atoms with Crippen LogP contribution in [0.1, 0.15) is 41.7 Å². The van der Waals surface area contributed by atoms with E-state index in [4.69, 9.17) is 28.9 Å². The van der Waals surface area contributed by atoms with Crippen molar-refractivity contribution in [1.29, 1.82) is 0 Å². The average molecular weight is 548 g/mol. The van der Waals surface area contributed by atoms with Crippen LogP contribution >= 0.6 is 23.2 Å². The first-order chi connectivity index (χ1) is 17.7. The van der Waals surface area contributed by atoms with Gasteiger partial charge in [-0.3, -0.25) is 9.59 Å². The highest BCUT2D eigenvalue weighted by Gasteiger charge is 2.29. The van der Waals surface area contributed by atoms with Crippen LogP contribution < -0.4 is 22.1 Å². The lowest BCUT2D eigenvalue weighted by atomic mass is 10.0. The van der Waals surface area contributed by atoms with Gasteiger partial charge in [0.15, 0.2) is 0 Å². The van der Waals surface area contributed by atoms with Crippen molar-refractivity contribution in [2.45, 2.75) is 25.8 Å². The van der Waals surface area contributed by atoms with Gasteiger partial charge in [-0.25, -0.2) is 4.39 Å². The second-order valence-electron chi connectivity index (χ2n) is 9.05. The van der Waals surface area contributed by atoms with Gasteiger partial charge in [-0.15, -0.1) is 0 Å². The minimum absolute atomic E-state index is 0.0118. The molecule has 0 spiro atoms. The van der Waals surface area contributed by atoms with E-state index in [0.717, 1.165) is 25.9 Å². The Kier molecular flexibility index (Phi) is 8.26. The number of carbonyl (C=O) groups excluding carboxylic acids is 2. The number of rotatable bonds is 6. The van der Waals surface area contributed by atoms with Crippen LogP contribution in [0.3, 0.4) is 0 Å². The minimum atomic E-state index is -0.564. The van der Waals surface area contributed by atoms with E-state index in [1.165, 1.54) is 18.2 Å². The van der Waals surface area contributed by atoms with E-state index < -0.39 is 17.8 Å². The third-order valence-electron chi connectivity index (χ3n) is 6.61. The molecule has 2 heterocycles. The topological polar surface area (TPSA) is 118 Å². The largest absolute Gasteiger partial charge is 0.394 e. The molecule has 0 aliphatic carbocycles. The molecule has 4 rings (SSSR count). The lowest BCUT2D eigenvalue weighted by Gasteiger charge is -2.36. The van der Waals surface area contributed by atoms with Gasteiger partial charge in [-0.05, 0) is 62.2 Å². The Morgan fingerprint density at radius 1 is 1.14 bits per heavy atom. The first-order valence-corrected chi connectivity index (χ1v) is 12.8. The maximum absolute atomic E-state index is 14.2. The van der Waals surface area contributed by atoms with Gasteiger partial charge < -0.3 is 31.9 Å². The number of quaternary nitrogens is 1. The summed E-state index contributed by atoms with van der Waals surface area (Å²) in [7, 11) is 0. The summed E-state index contributed by atoms with van der Waals surface area (Å²) in [6.45, 7) is 4.49. The molecule has 2 aromatic rings. The number of halogens is 3. The molecule has 7 N–H and O–H groups in total. The number of nitrogens with two attached hydrogens (primary N) is 1. The number of hydrogen-bond acceptors (Lipinski definition) is 5. The molecule has 1 saturated heterocycles. The average Bonchev–Trinajstić information content (AvgIpc) is 3.42. The molecule has 0 aromatic heterocycles. The number of nitrogens with zero attached hydrogens (tertiary/aromatic N) is 2. The normalized spacial score (nSPS) is 17.1. The second-order valence-corrected chi connectivity index (χ2v) is 9.83. The SMILES string of the molecule is CC(c1c(Cl)ccc(F)c1Cl)N1CCNC([NH3+])=C1/C=C(\N)C(=O)Nc1ccc(C(=O)N2CCCC2)cc1. The zero-order valence-electron chi connectivity index (χ0n) is 20.5. The number of benzene rings is 2. The molecule has 2 aromatic carbocycles. The minimum Gasteiger partial charge on any atom is -0.394 e. The van der Waals surface area contributed by atoms with Crippen molar-refractivity contribution in [3.05, 3.63) is 86.7 Å². The standard InChI is InChI=1S/C26H29Cl2FN6O2/c1-15(22-18(27)8-9-19(29)23(22)28)35-13-10-32-24(31)21(35)14-20(30)25(36)33-17-6-4-16(5-7-17)26(37)34-11-2-3-12-34/h4-9,14-15,32H,2-3,10-13,30-31H2,1H3,(H,33,36)/p+1/b20-14-. The fourth-order valence-electron chi connectivity index (χ4n) is 4.58. The Morgan fingerprint density at radius 3 is 2.49 bits per heavy atom. The number of anilines is 1. The van der Waals surface area contributed by atoms with Gasteiger partial charge in [0, 0.05) is 48.0 Å². The van der Waals surface area contributed by atoms with Crippen LogP contribution in [-0.2, 0) is 4.79 Å². The van der Waals surface area contributed by atoms with Gasteiger partial charge in [0.25, 0.3) is 11.8 Å². The zero-order valence-corrected chi connectivity index (χ0v) is 22.0. The predicted octanol–water partition coefficient (Wildman–Crippen LogP) is 3.23. The molecule has 2 aliphatic heterocycles. The highest BCUT2D eigenvalue weighted by atomic mass is 35.5. The Hall–Kier alpha value is -3.27. The van der Waals surface area contributed by atoms with Crippen LogP contribution in [0.4, 0.5) is 10.1 Å². The van der Waals surface area contributed by atoms with Crippen LogP contribution in [0.2, 0.25) is 10.0 Å². The summed E-state index contributed by atoms with van der Waals surface area (Å²) < 4.78 is 14.2.